The Kier molecular flexibility index (Phi) is 7.52. The van der Waals surface area contributed by atoms with Gasteiger partial charge in [0.25, 0.3) is 0 Å². The van der Waals surface area contributed by atoms with Gasteiger partial charge in [-0.3, -0.25) is 4.79 Å². The molecule has 1 aromatic carbocycles. The molecule has 0 spiro atoms. The van der Waals surface area contributed by atoms with Gasteiger partial charge in [0.15, 0.2) is 11.3 Å². The summed E-state index contributed by atoms with van der Waals surface area (Å²) in [6, 6.07) is 1.20. The third-order valence-electron chi connectivity index (χ3n) is 4.42. The van der Waals surface area contributed by atoms with Crippen molar-refractivity contribution in [1.29, 1.82) is 0 Å². The fourth-order valence-electron chi connectivity index (χ4n) is 2.81. The van der Waals surface area contributed by atoms with E-state index >= 15 is 0 Å². The van der Waals surface area contributed by atoms with Gasteiger partial charge in [-0.2, -0.15) is 13.2 Å². The molecule has 11 heteroatoms. The number of aliphatic carboxylic acids is 1. The first-order chi connectivity index (χ1) is 14.1. The molecule has 1 aromatic heterocycles. The first kappa shape index (κ1) is 23.3. The molecule has 0 aliphatic rings. The van der Waals surface area contributed by atoms with Crippen molar-refractivity contribution in [2.45, 2.75) is 45.3 Å². The van der Waals surface area contributed by atoms with Crippen molar-refractivity contribution in [2.75, 3.05) is 20.2 Å². The van der Waals surface area contributed by atoms with Crippen LogP contribution in [0.1, 0.15) is 37.9 Å². The Balaban J connectivity index is 2.01. The lowest BCUT2D eigenvalue weighted by Gasteiger charge is -2.20. The van der Waals surface area contributed by atoms with Crippen LogP contribution in [0.5, 0.6) is 5.75 Å². The van der Waals surface area contributed by atoms with Crippen molar-refractivity contribution in [2.24, 2.45) is 0 Å². The minimum absolute atomic E-state index is 0.0563. The number of hydrogen-bond donors (Lipinski definition) is 2. The molecule has 166 valence electrons. The second-order valence-corrected chi connectivity index (χ2v) is 6.83. The Morgan fingerprint density at radius 2 is 2.07 bits per heavy atom. The zero-order valence-corrected chi connectivity index (χ0v) is 16.9. The summed E-state index contributed by atoms with van der Waals surface area (Å²) in [5, 5.41) is 14.2. The molecule has 2 amide bonds. The van der Waals surface area contributed by atoms with E-state index in [1.165, 1.54) is 31.0 Å². The fourth-order valence-corrected chi connectivity index (χ4v) is 2.81. The number of hydrogen-bond acceptors (Lipinski definition) is 5. The van der Waals surface area contributed by atoms with Crippen LogP contribution in [0.4, 0.5) is 18.0 Å². The molecule has 1 heterocycles. The van der Waals surface area contributed by atoms with Gasteiger partial charge >= 0.3 is 18.2 Å². The number of carboxylic acids is 1. The Bertz CT molecular complexity index is 897. The number of benzene rings is 1. The molecule has 0 radical (unpaired) electrons. The number of rotatable bonds is 9. The maximum absolute atomic E-state index is 13.1. The Morgan fingerprint density at radius 1 is 1.37 bits per heavy atom. The SMILES string of the molecule is CCCc1c(OCCCN(C)C(=O)N[C@@H](C)C(=O)O)ccc2c(C(F)(F)F)noc12. The lowest BCUT2D eigenvalue weighted by Crippen LogP contribution is -2.45. The number of halogens is 3. The number of nitrogens with zero attached hydrogens (tertiary/aromatic N) is 2. The van der Waals surface area contributed by atoms with Crippen LogP contribution in [-0.4, -0.2) is 53.4 Å². The van der Waals surface area contributed by atoms with Crippen LogP contribution in [-0.2, 0) is 17.4 Å². The van der Waals surface area contributed by atoms with Crippen LogP contribution < -0.4 is 10.1 Å². The summed E-state index contributed by atoms with van der Waals surface area (Å²) in [5.41, 5.74) is -0.496. The molecular formula is C19H24F3N3O5. The molecule has 2 rings (SSSR count). The van der Waals surface area contributed by atoms with Crippen molar-refractivity contribution in [3.05, 3.63) is 23.4 Å². The maximum Gasteiger partial charge on any atom is 0.437 e. The topological polar surface area (TPSA) is 105 Å². The molecule has 0 unspecified atom stereocenters. The van der Waals surface area contributed by atoms with Crippen LogP contribution >= 0.6 is 0 Å². The van der Waals surface area contributed by atoms with E-state index in [9.17, 15) is 22.8 Å². The quantitative estimate of drug-likeness (QED) is 0.587. The number of aromatic nitrogens is 1. The number of amides is 2. The number of aryl methyl sites for hydroxylation is 1. The normalized spacial score (nSPS) is 12.6. The van der Waals surface area contributed by atoms with Crippen LogP contribution in [0.3, 0.4) is 0 Å². The van der Waals surface area contributed by atoms with Crippen molar-refractivity contribution >= 4 is 23.0 Å². The predicted molar refractivity (Wildman–Crippen MR) is 101 cm³/mol. The van der Waals surface area contributed by atoms with E-state index in [0.717, 1.165) is 0 Å². The van der Waals surface area contributed by atoms with Crippen molar-refractivity contribution < 1.29 is 37.1 Å². The highest BCUT2D eigenvalue weighted by Gasteiger charge is 2.37. The van der Waals surface area contributed by atoms with Gasteiger partial charge < -0.3 is 24.6 Å². The number of nitrogens with one attached hydrogen (secondary N) is 1. The monoisotopic (exact) mass is 431 g/mol. The van der Waals surface area contributed by atoms with Crippen LogP contribution in [0, 0.1) is 0 Å². The lowest BCUT2D eigenvalue weighted by molar-refractivity contribution is -0.141. The van der Waals surface area contributed by atoms with Gasteiger partial charge in [-0.25, -0.2) is 4.79 Å². The molecule has 1 atom stereocenters. The highest BCUT2D eigenvalue weighted by molar-refractivity contribution is 5.85. The van der Waals surface area contributed by atoms with Gasteiger partial charge in [0.2, 0.25) is 0 Å². The highest BCUT2D eigenvalue weighted by Crippen LogP contribution is 2.38. The first-order valence-electron chi connectivity index (χ1n) is 9.41. The lowest BCUT2D eigenvalue weighted by atomic mass is 10.0. The van der Waals surface area contributed by atoms with Crippen molar-refractivity contribution in [3.8, 4) is 5.75 Å². The maximum atomic E-state index is 13.1. The molecular weight excluding hydrogens is 407 g/mol. The van der Waals surface area contributed by atoms with Gasteiger partial charge in [0, 0.05) is 19.2 Å². The van der Waals surface area contributed by atoms with E-state index in [2.05, 4.69) is 10.5 Å². The molecule has 2 N–H and O–H groups in total. The van der Waals surface area contributed by atoms with Gasteiger partial charge in [-0.05, 0) is 31.9 Å². The average Bonchev–Trinajstić information content (AvgIpc) is 3.11. The van der Waals surface area contributed by atoms with Gasteiger partial charge in [-0.1, -0.05) is 18.5 Å². The number of carbonyl (C=O) groups excluding carboxylic acids is 1. The molecule has 0 bridgehead atoms. The average molecular weight is 431 g/mol. The summed E-state index contributed by atoms with van der Waals surface area (Å²) in [6.07, 6.45) is -3.06. The van der Waals surface area contributed by atoms with E-state index in [0.29, 0.717) is 37.1 Å². The molecule has 0 saturated heterocycles. The van der Waals surface area contributed by atoms with Crippen LogP contribution in [0.25, 0.3) is 11.0 Å². The van der Waals surface area contributed by atoms with E-state index < -0.39 is 29.9 Å². The number of urea groups is 1. The molecule has 0 saturated carbocycles. The van der Waals surface area contributed by atoms with Gasteiger partial charge in [-0.15, -0.1) is 0 Å². The predicted octanol–water partition coefficient (Wildman–Crippen LogP) is 3.68. The minimum atomic E-state index is -4.61. The number of ether oxygens (including phenoxy) is 1. The molecule has 0 fully saturated rings. The first-order valence-corrected chi connectivity index (χ1v) is 9.41. The largest absolute Gasteiger partial charge is 0.493 e. The van der Waals surface area contributed by atoms with Gasteiger partial charge in [0.05, 0.1) is 12.0 Å². The molecule has 30 heavy (non-hydrogen) atoms. The van der Waals surface area contributed by atoms with Crippen LogP contribution in [0.15, 0.2) is 16.7 Å². The molecule has 2 aromatic rings. The Morgan fingerprint density at radius 3 is 2.67 bits per heavy atom. The summed E-state index contributed by atoms with van der Waals surface area (Å²) in [7, 11) is 1.52. The second-order valence-electron chi connectivity index (χ2n) is 6.83. The van der Waals surface area contributed by atoms with E-state index in [1.54, 1.807) is 0 Å². The summed E-state index contributed by atoms with van der Waals surface area (Å²) in [5.74, 6) is -0.735. The van der Waals surface area contributed by atoms with E-state index in [1.807, 2.05) is 6.92 Å². The third-order valence-corrected chi connectivity index (χ3v) is 4.42. The zero-order chi connectivity index (χ0) is 22.5. The summed E-state index contributed by atoms with van der Waals surface area (Å²) < 4.78 is 49.9. The number of alkyl halides is 3. The van der Waals surface area contributed by atoms with Gasteiger partial charge in [0.1, 0.15) is 11.8 Å². The smallest absolute Gasteiger partial charge is 0.437 e. The summed E-state index contributed by atoms with van der Waals surface area (Å²) in [6.45, 7) is 3.74. The minimum Gasteiger partial charge on any atom is -0.493 e. The summed E-state index contributed by atoms with van der Waals surface area (Å²) >= 11 is 0. The number of carboxylic acid groups (broad SMARTS) is 1. The number of fused-ring (bicyclic) bond motifs is 1. The zero-order valence-electron chi connectivity index (χ0n) is 16.9. The molecule has 0 aliphatic carbocycles. The second kappa shape index (κ2) is 9.68. The molecule has 0 aliphatic heterocycles. The summed E-state index contributed by atoms with van der Waals surface area (Å²) in [4.78, 5) is 24.0. The Labute approximate surface area is 170 Å². The Hall–Kier alpha value is -2.98. The van der Waals surface area contributed by atoms with Crippen LogP contribution in [0.2, 0.25) is 0 Å². The fraction of sp³-hybridized carbons (Fsp3) is 0.526. The highest BCUT2D eigenvalue weighted by atomic mass is 19.4. The van der Waals surface area contributed by atoms with E-state index in [4.69, 9.17) is 14.4 Å². The molecule has 8 nitrogen and oxygen atoms in total. The number of carbonyl (C=O) groups is 2. The van der Waals surface area contributed by atoms with Crippen molar-refractivity contribution in [3.63, 3.8) is 0 Å². The van der Waals surface area contributed by atoms with E-state index in [-0.39, 0.29) is 17.6 Å². The van der Waals surface area contributed by atoms with Crippen molar-refractivity contribution in [1.82, 2.24) is 15.4 Å². The third kappa shape index (κ3) is 5.55. The standard InChI is InChI=1S/C19H24F3N3O5/c1-4-6-12-14(8-7-13-15(12)30-24-16(13)19(20,21)22)29-10-5-9-25(3)18(28)23-11(2)17(26)27/h7-8,11H,4-6,9-10H2,1-3H3,(H,23,28)(H,26,27)/t11-/m0/s1.